The van der Waals surface area contributed by atoms with E-state index in [1.54, 1.807) is 0 Å². The van der Waals surface area contributed by atoms with E-state index >= 15 is 0 Å². The molecular formula is C10H16FN3. The monoisotopic (exact) mass is 197 g/mol. The molecule has 0 aliphatic rings. The highest BCUT2D eigenvalue weighted by Crippen LogP contribution is 2.12. The van der Waals surface area contributed by atoms with Crippen LogP contribution in [0, 0.1) is 5.82 Å². The van der Waals surface area contributed by atoms with Crippen molar-refractivity contribution in [1.29, 1.82) is 0 Å². The molecule has 0 radical (unpaired) electrons. The maximum Gasteiger partial charge on any atom is 0.141 e. The first-order valence-electron chi connectivity index (χ1n) is 4.87. The third-order valence-electron chi connectivity index (χ3n) is 1.84. The van der Waals surface area contributed by atoms with Crippen LogP contribution in [0.3, 0.4) is 0 Å². The highest BCUT2D eigenvalue weighted by molar-refractivity contribution is 5.43. The lowest BCUT2D eigenvalue weighted by Crippen LogP contribution is -2.14. The molecule has 1 aromatic heterocycles. The number of hydrogen-bond acceptors (Lipinski definition) is 3. The fourth-order valence-corrected chi connectivity index (χ4v) is 1.20. The Bertz CT molecular complexity index is 289. The topological polar surface area (TPSA) is 37.0 Å². The van der Waals surface area contributed by atoms with Gasteiger partial charge in [0, 0.05) is 18.7 Å². The fraction of sp³-hybridized carbons (Fsp3) is 0.500. The second-order valence-electron chi connectivity index (χ2n) is 2.97. The number of rotatable bonds is 5. The van der Waals surface area contributed by atoms with Crippen LogP contribution in [-0.4, -0.2) is 18.1 Å². The van der Waals surface area contributed by atoms with E-state index in [2.05, 4.69) is 15.6 Å². The van der Waals surface area contributed by atoms with Crippen LogP contribution in [0.1, 0.15) is 19.4 Å². The Morgan fingerprint density at radius 2 is 2.14 bits per heavy atom. The van der Waals surface area contributed by atoms with Gasteiger partial charge >= 0.3 is 0 Å². The zero-order valence-electron chi connectivity index (χ0n) is 8.60. The molecule has 2 N–H and O–H groups in total. The van der Waals surface area contributed by atoms with Crippen molar-refractivity contribution in [3.8, 4) is 0 Å². The van der Waals surface area contributed by atoms with Crippen molar-refractivity contribution in [2.24, 2.45) is 0 Å². The quantitative estimate of drug-likeness (QED) is 0.755. The standard InChI is InChI=1S/C10H16FN3/c1-3-12-6-8-5-9(11)7-14-10(8)13-4-2/h5,7,12H,3-4,6H2,1-2H3,(H,13,14). The van der Waals surface area contributed by atoms with E-state index in [1.165, 1.54) is 12.3 Å². The maximum atomic E-state index is 12.9. The van der Waals surface area contributed by atoms with Gasteiger partial charge in [0.15, 0.2) is 0 Å². The van der Waals surface area contributed by atoms with Crippen molar-refractivity contribution >= 4 is 5.82 Å². The Balaban J connectivity index is 2.79. The summed E-state index contributed by atoms with van der Waals surface area (Å²) < 4.78 is 12.9. The highest BCUT2D eigenvalue weighted by atomic mass is 19.1. The largest absolute Gasteiger partial charge is 0.370 e. The van der Waals surface area contributed by atoms with Crippen molar-refractivity contribution in [1.82, 2.24) is 10.3 Å². The van der Waals surface area contributed by atoms with Gasteiger partial charge in [-0.1, -0.05) is 6.92 Å². The van der Waals surface area contributed by atoms with Crippen molar-refractivity contribution in [2.45, 2.75) is 20.4 Å². The molecule has 0 aliphatic carbocycles. The van der Waals surface area contributed by atoms with Gasteiger partial charge in [-0.15, -0.1) is 0 Å². The summed E-state index contributed by atoms with van der Waals surface area (Å²) in [5.41, 5.74) is 0.869. The van der Waals surface area contributed by atoms with E-state index < -0.39 is 0 Å². The smallest absolute Gasteiger partial charge is 0.141 e. The van der Waals surface area contributed by atoms with Crippen LogP contribution in [0.5, 0.6) is 0 Å². The Hall–Kier alpha value is -1.16. The summed E-state index contributed by atoms with van der Waals surface area (Å²) in [5.74, 6) is 0.467. The molecule has 0 unspecified atom stereocenters. The lowest BCUT2D eigenvalue weighted by Gasteiger charge is -2.09. The highest BCUT2D eigenvalue weighted by Gasteiger charge is 2.03. The normalized spacial score (nSPS) is 10.2. The molecule has 4 heteroatoms. The molecule has 14 heavy (non-hydrogen) atoms. The lowest BCUT2D eigenvalue weighted by molar-refractivity contribution is 0.615. The van der Waals surface area contributed by atoms with Gasteiger partial charge < -0.3 is 10.6 Å². The number of hydrogen-bond donors (Lipinski definition) is 2. The van der Waals surface area contributed by atoms with E-state index in [-0.39, 0.29) is 5.82 Å². The fourth-order valence-electron chi connectivity index (χ4n) is 1.20. The molecule has 0 atom stereocenters. The molecule has 3 nitrogen and oxygen atoms in total. The minimum atomic E-state index is -0.292. The summed E-state index contributed by atoms with van der Waals surface area (Å²) in [7, 11) is 0. The van der Waals surface area contributed by atoms with Gasteiger partial charge in [0.05, 0.1) is 6.20 Å². The Kier molecular flexibility index (Phi) is 4.32. The molecule has 0 aliphatic heterocycles. The van der Waals surface area contributed by atoms with Gasteiger partial charge in [-0.3, -0.25) is 0 Å². The predicted octanol–water partition coefficient (Wildman–Crippen LogP) is 1.76. The first-order valence-corrected chi connectivity index (χ1v) is 4.87. The number of anilines is 1. The Labute approximate surface area is 83.7 Å². The summed E-state index contributed by atoms with van der Waals surface area (Å²) in [4.78, 5) is 3.99. The van der Waals surface area contributed by atoms with Crippen LogP contribution in [0.25, 0.3) is 0 Å². The maximum absolute atomic E-state index is 12.9. The van der Waals surface area contributed by atoms with Crippen molar-refractivity contribution in [3.63, 3.8) is 0 Å². The van der Waals surface area contributed by atoms with Gasteiger partial charge in [0.2, 0.25) is 0 Å². The Morgan fingerprint density at radius 1 is 1.36 bits per heavy atom. The molecule has 0 saturated heterocycles. The lowest BCUT2D eigenvalue weighted by atomic mass is 10.2. The van der Waals surface area contributed by atoms with Crippen molar-refractivity contribution < 1.29 is 4.39 Å². The summed E-state index contributed by atoms with van der Waals surface area (Å²) >= 11 is 0. The predicted molar refractivity (Wildman–Crippen MR) is 55.7 cm³/mol. The van der Waals surface area contributed by atoms with Crippen molar-refractivity contribution in [2.75, 3.05) is 18.4 Å². The summed E-state index contributed by atoms with van der Waals surface area (Å²) in [6.07, 6.45) is 1.23. The number of pyridine rings is 1. The molecule has 78 valence electrons. The van der Waals surface area contributed by atoms with Crippen LogP contribution >= 0.6 is 0 Å². The van der Waals surface area contributed by atoms with E-state index in [4.69, 9.17) is 0 Å². The molecule has 0 spiro atoms. The minimum Gasteiger partial charge on any atom is -0.370 e. The van der Waals surface area contributed by atoms with Crippen LogP contribution in [0.4, 0.5) is 10.2 Å². The molecule has 1 heterocycles. The molecule has 1 rings (SSSR count). The third-order valence-corrected chi connectivity index (χ3v) is 1.84. The number of aromatic nitrogens is 1. The van der Waals surface area contributed by atoms with Gasteiger partial charge in [0.1, 0.15) is 11.6 Å². The van der Waals surface area contributed by atoms with Gasteiger partial charge in [0.25, 0.3) is 0 Å². The minimum absolute atomic E-state index is 0.292. The molecule has 0 bridgehead atoms. The van der Waals surface area contributed by atoms with E-state index in [0.29, 0.717) is 6.54 Å². The first-order chi connectivity index (χ1) is 6.77. The van der Waals surface area contributed by atoms with E-state index in [0.717, 1.165) is 24.5 Å². The zero-order chi connectivity index (χ0) is 10.4. The van der Waals surface area contributed by atoms with Crippen molar-refractivity contribution in [3.05, 3.63) is 23.6 Å². The first kappa shape index (κ1) is 10.9. The van der Waals surface area contributed by atoms with E-state index in [1.807, 2.05) is 13.8 Å². The van der Waals surface area contributed by atoms with Crippen LogP contribution in [-0.2, 0) is 6.54 Å². The molecule has 0 amide bonds. The van der Waals surface area contributed by atoms with E-state index in [9.17, 15) is 4.39 Å². The van der Waals surface area contributed by atoms with Gasteiger partial charge in [-0.25, -0.2) is 9.37 Å². The van der Waals surface area contributed by atoms with Gasteiger partial charge in [-0.2, -0.15) is 0 Å². The average Bonchev–Trinajstić information content (AvgIpc) is 2.18. The van der Waals surface area contributed by atoms with Gasteiger partial charge in [-0.05, 0) is 19.5 Å². The molecular weight excluding hydrogens is 181 g/mol. The summed E-state index contributed by atoms with van der Waals surface area (Å²) in [5, 5.41) is 6.24. The second kappa shape index (κ2) is 5.54. The second-order valence-corrected chi connectivity index (χ2v) is 2.97. The molecule has 0 aromatic carbocycles. The summed E-state index contributed by atoms with van der Waals surface area (Å²) in [6.45, 7) is 6.30. The Morgan fingerprint density at radius 3 is 2.79 bits per heavy atom. The zero-order valence-corrected chi connectivity index (χ0v) is 8.60. The third kappa shape index (κ3) is 2.96. The number of halogens is 1. The average molecular weight is 197 g/mol. The number of nitrogens with zero attached hydrogens (tertiary/aromatic N) is 1. The van der Waals surface area contributed by atoms with Crippen LogP contribution < -0.4 is 10.6 Å². The molecule has 0 saturated carbocycles. The van der Waals surface area contributed by atoms with Crippen LogP contribution in [0.15, 0.2) is 12.3 Å². The molecule has 0 fully saturated rings. The SMILES string of the molecule is CCNCc1cc(F)cnc1NCC. The summed E-state index contributed by atoms with van der Waals surface area (Å²) in [6, 6.07) is 1.51. The van der Waals surface area contributed by atoms with Crippen LogP contribution in [0.2, 0.25) is 0 Å². The molecule has 1 aromatic rings. The number of nitrogens with one attached hydrogen (secondary N) is 2.